The Bertz CT molecular complexity index is 679. The molecular weight excluding hydrogens is 306 g/mol. The first kappa shape index (κ1) is 16.2. The van der Waals surface area contributed by atoms with Crippen LogP contribution >= 0.6 is 11.3 Å². The van der Waals surface area contributed by atoms with Gasteiger partial charge in [-0.25, -0.2) is 13.1 Å². The molecule has 0 aliphatic rings. The first-order valence-corrected chi connectivity index (χ1v) is 9.12. The first-order chi connectivity index (χ1) is 9.90. The molecule has 2 aromatic rings. The van der Waals surface area contributed by atoms with Gasteiger partial charge < -0.3 is 5.11 Å². The number of rotatable bonds is 6. The molecule has 21 heavy (non-hydrogen) atoms. The predicted octanol–water partition coefficient (Wildman–Crippen LogP) is 2.88. The van der Waals surface area contributed by atoms with Gasteiger partial charge in [-0.15, -0.1) is 0 Å². The summed E-state index contributed by atoms with van der Waals surface area (Å²) in [4.78, 5) is 0.228. The Morgan fingerprint density at radius 3 is 2.62 bits per heavy atom. The second-order valence-electron chi connectivity index (χ2n) is 5.15. The fraction of sp³-hybridized carbons (Fsp3) is 0.333. The number of sulfonamides is 1. The lowest BCUT2D eigenvalue weighted by atomic mass is 10.0. The van der Waals surface area contributed by atoms with Gasteiger partial charge in [0.05, 0.1) is 11.0 Å². The van der Waals surface area contributed by atoms with Crippen LogP contribution in [0.5, 0.6) is 0 Å². The fourth-order valence-electron chi connectivity index (χ4n) is 1.90. The predicted molar refractivity (Wildman–Crippen MR) is 85.0 cm³/mol. The molecule has 0 aliphatic heterocycles. The summed E-state index contributed by atoms with van der Waals surface area (Å²) in [6.07, 6.45) is -0.834. The average Bonchev–Trinajstić information content (AvgIpc) is 2.99. The van der Waals surface area contributed by atoms with Crippen LogP contribution in [0.25, 0.3) is 0 Å². The van der Waals surface area contributed by atoms with Gasteiger partial charge >= 0.3 is 0 Å². The molecule has 6 heteroatoms. The van der Waals surface area contributed by atoms with Crippen LogP contribution in [0.4, 0.5) is 0 Å². The van der Waals surface area contributed by atoms with Crippen LogP contribution in [0.3, 0.4) is 0 Å². The third-order valence-electron chi connectivity index (χ3n) is 3.23. The summed E-state index contributed by atoms with van der Waals surface area (Å²) in [6.45, 7) is 3.99. The van der Waals surface area contributed by atoms with Gasteiger partial charge in [0.15, 0.2) is 0 Å². The normalized spacial score (nSPS) is 13.5. The van der Waals surface area contributed by atoms with Crippen LogP contribution < -0.4 is 4.72 Å². The lowest BCUT2D eigenvalue weighted by Gasteiger charge is -2.12. The van der Waals surface area contributed by atoms with E-state index in [1.807, 2.05) is 25.3 Å². The number of hydrogen-bond acceptors (Lipinski definition) is 4. The Morgan fingerprint density at radius 1 is 1.24 bits per heavy atom. The zero-order valence-corrected chi connectivity index (χ0v) is 13.6. The highest BCUT2D eigenvalue weighted by Gasteiger charge is 2.17. The number of aliphatic hydroxyl groups excluding tert-OH is 1. The molecule has 2 rings (SSSR count). The van der Waals surface area contributed by atoms with Gasteiger partial charge in [0, 0.05) is 6.54 Å². The lowest BCUT2D eigenvalue weighted by Crippen LogP contribution is -2.28. The van der Waals surface area contributed by atoms with E-state index in [1.54, 1.807) is 29.6 Å². The molecule has 0 bridgehead atoms. The molecule has 2 N–H and O–H groups in total. The van der Waals surface area contributed by atoms with Crippen LogP contribution in [-0.4, -0.2) is 20.1 Å². The average molecular weight is 325 g/mol. The van der Waals surface area contributed by atoms with Gasteiger partial charge in [-0.1, -0.05) is 26.0 Å². The van der Waals surface area contributed by atoms with Crippen LogP contribution in [0.15, 0.2) is 46.0 Å². The van der Waals surface area contributed by atoms with Crippen molar-refractivity contribution in [3.8, 4) is 0 Å². The van der Waals surface area contributed by atoms with E-state index in [9.17, 15) is 13.5 Å². The molecule has 0 radical (unpaired) electrons. The maximum absolute atomic E-state index is 12.3. The van der Waals surface area contributed by atoms with Crippen molar-refractivity contribution >= 4 is 21.4 Å². The summed E-state index contributed by atoms with van der Waals surface area (Å²) < 4.78 is 27.0. The minimum atomic E-state index is -3.61. The number of thiophene rings is 1. The highest BCUT2D eigenvalue weighted by Crippen LogP contribution is 2.20. The first-order valence-electron chi connectivity index (χ1n) is 6.70. The van der Waals surface area contributed by atoms with E-state index in [4.69, 9.17) is 0 Å². The van der Waals surface area contributed by atoms with Gasteiger partial charge in [0.2, 0.25) is 10.0 Å². The Balaban J connectivity index is 2.10. The molecule has 1 heterocycles. The van der Waals surface area contributed by atoms with Crippen molar-refractivity contribution in [2.45, 2.75) is 30.8 Å². The van der Waals surface area contributed by atoms with E-state index in [0.29, 0.717) is 0 Å². The summed E-state index contributed by atoms with van der Waals surface area (Å²) in [6, 6.07) is 8.65. The van der Waals surface area contributed by atoms with E-state index in [0.717, 1.165) is 11.1 Å². The molecule has 114 valence electrons. The quantitative estimate of drug-likeness (QED) is 0.858. The molecule has 1 aromatic heterocycles. The second-order valence-corrected chi connectivity index (χ2v) is 7.70. The minimum Gasteiger partial charge on any atom is -0.387 e. The minimum absolute atomic E-state index is 0.0367. The summed E-state index contributed by atoms with van der Waals surface area (Å²) in [5, 5.41) is 13.6. The SMILES string of the molecule is CC(C)c1cccc(S(=O)(=O)NC[C@H](O)c2ccsc2)c1. The van der Waals surface area contributed by atoms with Crippen molar-refractivity contribution in [1.29, 1.82) is 0 Å². The fourth-order valence-corrected chi connectivity index (χ4v) is 3.70. The zero-order valence-electron chi connectivity index (χ0n) is 12.0. The Kier molecular flexibility index (Phi) is 5.16. The number of benzene rings is 1. The van der Waals surface area contributed by atoms with Crippen LogP contribution in [0.2, 0.25) is 0 Å². The maximum Gasteiger partial charge on any atom is 0.240 e. The molecule has 0 saturated carbocycles. The molecule has 4 nitrogen and oxygen atoms in total. The highest BCUT2D eigenvalue weighted by molar-refractivity contribution is 7.89. The molecule has 0 fully saturated rings. The molecule has 0 spiro atoms. The number of hydrogen-bond donors (Lipinski definition) is 2. The summed E-state index contributed by atoms with van der Waals surface area (Å²) in [7, 11) is -3.61. The van der Waals surface area contributed by atoms with Crippen molar-refractivity contribution in [2.24, 2.45) is 0 Å². The van der Waals surface area contributed by atoms with Crippen LogP contribution in [0.1, 0.15) is 37.0 Å². The Hall–Kier alpha value is -1.21. The second kappa shape index (κ2) is 6.70. The molecular formula is C15H19NO3S2. The molecule has 1 atom stereocenters. The van der Waals surface area contributed by atoms with E-state index in [-0.39, 0.29) is 17.4 Å². The molecule has 0 aliphatic carbocycles. The van der Waals surface area contributed by atoms with E-state index in [2.05, 4.69) is 4.72 Å². The number of aliphatic hydroxyl groups is 1. The standard InChI is InChI=1S/C15H19NO3S2/c1-11(2)12-4-3-5-14(8-12)21(18,19)16-9-15(17)13-6-7-20-10-13/h3-8,10-11,15-17H,9H2,1-2H3/t15-/m0/s1. The summed E-state index contributed by atoms with van der Waals surface area (Å²) in [5.41, 5.74) is 1.69. The van der Waals surface area contributed by atoms with Gasteiger partial charge in [-0.05, 0) is 46.0 Å². The van der Waals surface area contributed by atoms with E-state index in [1.165, 1.54) is 11.3 Å². The third-order valence-corrected chi connectivity index (χ3v) is 5.35. The monoisotopic (exact) mass is 325 g/mol. The Morgan fingerprint density at radius 2 is 2.00 bits per heavy atom. The third kappa shape index (κ3) is 4.14. The van der Waals surface area contributed by atoms with Crippen molar-refractivity contribution in [1.82, 2.24) is 4.72 Å². The Labute approximate surface area is 129 Å². The van der Waals surface area contributed by atoms with Gasteiger partial charge in [-0.3, -0.25) is 0 Å². The molecule has 0 unspecified atom stereocenters. The number of nitrogens with one attached hydrogen (secondary N) is 1. The van der Waals surface area contributed by atoms with E-state index < -0.39 is 16.1 Å². The van der Waals surface area contributed by atoms with Gasteiger partial charge in [-0.2, -0.15) is 11.3 Å². The van der Waals surface area contributed by atoms with Crippen molar-refractivity contribution in [2.75, 3.05) is 6.54 Å². The largest absolute Gasteiger partial charge is 0.387 e. The molecule has 0 saturated heterocycles. The van der Waals surface area contributed by atoms with Crippen LogP contribution in [-0.2, 0) is 10.0 Å². The maximum atomic E-state index is 12.3. The summed E-state index contributed by atoms with van der Waals surface area (Å²) >= 11 is 1.47. The summed E-state index contributed by atoms with van der Waals surface area (Å²) in [5.74, 6) is 0.261. The van der Waals surface area contributed by atoms with E-state index >= 15 is 0 Å². The van der Waals surface area contributed by atoms with Gasteiger partial charge in [0.25, 0.3) is 0 Å². The topological polar surface area (TPSA) is 66.4 Å². The zero-order chi connectivity index (χ0) is 15.5. The molecule has 0 amide bonds. The van der Waals surface area contributed by atoms with Crippen molar-refractivity contribution < 1.29 is 13.5 Å². The van der Waals surface area contributed by atoms with Gasteiger partial charge in [0.1, 0.15) is 0 Å². The lowest BCUT2D eigenvalue weighted by molar-refractivity contribution is 0.182. The van der Waals surface area contributed by atoms with Crippen molar-refractivity contribution in [3.05, 3.63) is 52.2 Å². The van der Waals surface area contributed by atoms with Crippen LogP contribution in [0, 0.1) is 0 Å². The molecule has 1 aromatic carbocycles. The smallest absolute Gasteiger partial charge is 0.240 e. The van der Waals surface area contributed by atoms with Crippen molar-refractivity contribution in [3.63, 3.8) is 0 Å². The highest BCUT2D eigenvalue weighted by atomic mass is 32.2.